The number of ether oxygens (including phenoxy) is 3. The lowest BCUT2D eigenvalue weighted by Gasteiger charge is -2.34. The van der Waals surface area contributed by atoms with Gasteiger partial charge in [0, 0.05) is 18.3 Å². The minimum atomic E-state index is -0.986. The van der Waals surface area contributed by atoms with Crippen molar-refractivity contribution in [3.63, 3.8) is 0 Å². The summed E-state index contributed by atoms with van der Waals surface area (Å²) in [5.74, 6) is -2.02. The van der Waals surface area contributed by atoms with Crippen molar-refractivity contribution in [1.82, 2.24) is 5.32 Å². The highest BCUT2D eigenvalue weighted by atomic mass is 79.9. The average molecular weight is 640 g/mol. The van der Waals surface area contributed by atoms with E-state index in [0.717, 1.165) is 43.4 Å². The summed E-state index contributed by atoms with van der Waals surface area (Å²) in [5.41, 5.74) is 0.673. The molecule has 12 heteroatoms. The second kappa shape index (κ2) is 14.0. The summed E-state index contributed by atoms with van der Waals surface area (Å²) in [7, 11) is 1.26. The first-order chi connectivity index (χ1) is 18.9. The Bertz CT molecular complexity index is 1230. The van der Waals surface area contributed by atoms with Crippen LogP contribution in [0, 0.1) is 0 Å². The molecule has 2 amide bonds. The molecule has 3 rings (SSSR count). The predicted octanol–water partition coefficient (Wildman–Crippen LogP) is 6.01. The highest BCUT2D eigenvalue weighted by molar-refractivity contribution is 9.10. The van der Waals surface area contributed by atoms with Crippen LogP contribution in [0.1, 0.15) is 69.0 Å². The Labute approximate surface area is 246 Å². The Morgan fingerprint density at radius 3 is 2.48 bits per heavy atom. The number of carboxylic acid groups (broad SMARTS) is 1. The highest BCUT2D eigenvalue weighted by Gasteiger charge is 2.29. The van der Waals surface area contributed by atoms with Crippen LogP contribution in [0.15, 0.2) is 28.7 Å². The number of thiophene rings is 1. The number of carbonyl (C=O) groups excluding carboxylic acids is 3. The molecule has 1 aliphatic carbocycles. The molecule has 1 aromatic carbocycles. The standard InChI is InChI=1S/C28H35BrN2O8S/c1-28(2,3)39-21(34)16-38-23-22(29)24(40-25(23)26(35)37-4)17-9-8-12-19(15-17)31(18-10-6-5-7-11-18)27(36)30-14-13-20(32)33/h8-9,12,15,18H,5-7,10-11,13-14,16H2,1-4H3,(H,30,36)(H,32,33). The maximum atomic E-state index is 13.3. The van der Waals surface area contributed by atoms with Gasteiger partial charge in [-0.05, 0) is 67.2 Å². The number of hydrogen-bond donors (Lipinski definition) is 2. The van der Waals surface area contributed by atoms with E-state index in [-0.39, 0.29) is 35.7 Å². The molecule has 1 saturated carbocycles. The zero-order valence-corrected chi connectivity index (χ0v) is 25.5. The van der Waals surface area contributed by atoms with Crippen molar-refractivity contribution in [2.75, 3.05) is 25.2 Å². The molecule has 1 aliphatic rings. The van der Waals surface area contributed by atoms with Crippen LogP contribution in [0.5, 0.6) is 5.75 Å². The molecule has 0 unspecified atom stereocenters. The Kier molecular flexibility index (Phi) is 11.0. The predicted molar refractivity (Wildman–Crippen MR) is 155 cm³/mol. The van der Waals surface area contributed by atoms with Crippen molar-refractivity contribution in [3.05, 3.63) is 33.6 Å². The number of benzene rings is 1. The zero-order valence-electron chi connectivity index (χ0n) is 23.1. The van der Waals surface area contributed by atoms with Gasteiger partial charge in [0.15, 0.2) is 17.2 Å². The molecule has 1 fully saturated rings. The van der Waals surface area contributed by atoms with Crippen LogP contribution in [0.25, 0.3) is 10.4 Å². The Hall–Kier alpha value is -3.12. The van der Waals surface area contributed by atoms with E-state index in [2.05, 4.69) is 21.2 Å². The number of hydrogen-bond acceptors (Lipinski definition) is 8. The molecule has 0 radical (unpaired) electrons. The number of anilines is 1. The average Bonchev–Trinajstić information content (AvgIpc) is 3.22. The fraction of sp³-hybridized carbons (Fsp3) is 0.500. The molecule has 0 aliphatic heterocycles. The molecular weight excluding hydrogens is 604 g/mol. The largest absolute Gasteiger partial charge is 0.481 e. The third-order valence-electron chi connectivity index (χ3n) is 6.09. The molecule has 218 valence electrons. The van der Waals surface area contributed by atoms with E-state index in [1.807, 2.05) is 24.3 Å². The summed E-state index contributed by atoms with van der Waals surface area (Å²) in [5, 5.41) is 11.7. The van der Waals surface area contributed by atoms with E-state index in [0.29, 0.717) is 20.6 Å². The highest BCUT2D eigenvalue weighted by Crippen LogP contribution is 2.46. The van der Waals surface area contributed by atoms with E-state index in [4.69, 9.17) is 19.3 Å². The van der Waals surface area contributed by atoms with Crippen molar-refractivity contribution in [1.29, 1.82) is 0 Å². The fourth-order valence-corrected chi connectivity index (χ4v) is 6.40. The number of amides is 2. The summed E-state index contributed by atoms with van der Waals surface area (Å²) in [6.45, 7) is 4.87. The number of aliphatic carboxylic acids is 1. The number of carbonyl (C=O) groups is 4. The normalized spacial score (nSPS) is 13.8. The Morgan fingerprint density at radius 2 is 1.85 bits per heavy atom. The van der Waals surface area contributed by atoms with Crippen LogP contribution in [0.3, 0.4) is 0 Å². The Balaban J connectivity index is 1.95. The molecule has 0 bridgehead atoms. The number of carboxylic acids is 1. The summed E-state index contributed by atoms with van der Waals surface area (Å²) in [4.78, 5) is 51.6. The van der Waals surface area contributed by atoms with Crippen molar-refractivity contribution < 1.29 is 38.5 Å². The fourth-order valence-electron chi connectivity index (χ4n) is 4.43. The van der Waals surface area contributed by atoms with Gasteiger partial charge in [0.25, 0.3) is 0 Å². The molecule has 1 heterocycles. The van der Waals surface area contributed by atoms with Crippen molar-refractivity contribution >= 4 is 56.9 Å². The van der Waals surface area contributed by atoms with Crippen LogP contribution < -0.4 is 15.0 Å². The molecule has 1 aromatic heterocycles. The van der Waals surface area contributed by atoms with Gasteiger partial charge in [-0.25, -0.2) is 14.4 Å². The van der Waals surface area contributed by atoms with Crippen molar-refractivity contribution in [2.45, 2.75) is 70.9 Å². The lowest BCUT2D eigenvalue weighted by Crippen LogP contribution is -2.47. The van der Waals surface area contributed by atoms with Gasteiger partial charge >= 0.3 is 23.9 Å². The summed E-state index contributed by atoms with van der Waals surface area (Å²) < 4.78 is 16.5. The van der Waals surface area contributed by atoms with Crippen LogP contribution in [-0.4, -0.2) is 60.9 Å². The van der Waals surface area contributed by atoms with Gasteiger partial charge in [0.05, 0.1) is 22.9 Å². The van der Waals surface area contributed by atoms with E-state index in [1.54, 1.807) is 25.7 Å². The number of urea groups is 1. The maximum absolute atomic E-state index is 13.3. The molecule has 0 spiro atoms. The molecule has 2 N–H and O–H groups in total. The summed E-state index contributed by atoms with van der Waals surface area (Å²) in [6, 6.07) is 6.96. The van der Waals surface area contributed by atoms with E-state index in [9.17, 15) is 19.2 Å². The SMILES string of the molecule is COC(=O)c1sc(-c2cccc(N(C(=O)NCCC(=O)O)C3CCCCC3)c2)c(Br)c1OCC(=O)OC(C)(C)C. The molecular formula is C28H35BrN2O8S. The number of halogens is 1. The third kappa shape index (κ3) is 8.44. The van der Waals surface area contributed by atoms with Crippen LogP contribution in [-0.2, 0) is 19.1 Å². The van der Waals surface area contributed by atoms with E-state index >= 15 is 0 Å². The minimum Gasteiger partial charge on any atom is -0.481 e. The molecule has 40 heavy (non-hydrogen) atoms. The van der Waals surface area contributed by atoms with Gasteiger partial charge in [-0.2, -0.15) is 0 Å². The number of nitrogens with zero attached hydrogens (tertiary/aromatic N) is 1. The first kappa shape index (κ1) is 31.4. The lowest BCUT2D eigenvalue weighted by molar-refractivity contribution is -0.157. The summed E-state index contributed by atoms with van der Waals surface area (Å²) in [6.07, 6.45) is 4.62. The van der Waals surface area contributed by atoms with Gasteiger partial charge < -0.3 is 24.6 Å². The topological polar surface area (TPSA) is 131 Å². The third-order valence-corrected chi connectivity index (χ3v) is 8.31. The minimum absolute atomic E-state index is 0.0222. The van der Waals surface area contributed by atoms with Crippen LogP contribution in [0.4, 0.5) is 10.5 Å². The van der Waals surface area contributed by atoms with Crippen LogP contribution in [0.2, 0.25) is 0 Å². The van der Waals surface area contributed by atoms with Gasteiger partial charge in [0.2, 0.25) is 0 Å². The molecule has 10 nitrogen and oxygen atoms in total. The summed E-state index contributed by atoms with van der Waals surface area (Å²) >= 11 is 4.68. The zero-order chi connectivity index (χ0) is 29.4. The van der Waals surface area contributed by atoms with Gasteiger partial charge in [-0.1, -0.05) is 31.4 Å². The molecule has 0 atom stereocenters. The monoisotopic (exact) mass is 638 g/mol. The lowest BCUT2D eigenvalue weighted by atomic mass is 9.94. The quantitative estimate of drug-likeness (QED) is 0.303. The Morgan fingerprint density at radius 1 is 1.15 bits per heavy atom. The van der Waals surface area contributed by atoms with Crippen LogP contribution >= 0.6 is 27.3 Å². The van der Waals surface area contributed by atoms with Gasteiger partial charge in [-0.15, -0.1) is 11.3 Å². The smallest absolute Gasteiger partial charge is 0.351 e. The van der Waals surface area contributed by atoms with Crippen molar-refractivity contribution in [2.24, 2.45) is 0 Å². The second-order valence-corrected chi connectivity index (χ2v) is 12.2. The molecule has 0 saturated heterocycles. The second-order valence-electron chi connectivity index (χ2n) is 10.4. The maximum Gasteiger partial charge on any atom is 0.351 e. The van der Waals surface area contributed by atoms with E-state index < -0.39 is 30.1 Å². The van der Waals surface area contributed by atoms with Crippen molar-refractivity contribution in [3.8, 4) is 16.2 Å². The first-order valence-corrected chi connectivity index (χ1v) is 14.7. The number of esters is 2. The number of rotatable bonds is 10. The number of methoxy groups -OCH3 is 1. The van der Waals surface area contributed by atoms with E-state index in [1.165, 1.54) is 7.11 Å². The first-order valence-electron chi connectivity index (χ1n) is 13.1. The number of nitrogens with one attached hydrogen (secondary N) is 1. The van der Waals surface area contributed by atoms with Gasteiger partial charge in [-0.3, -0.25) is 9.69 Å². The van der Waals surface area contributed by atoms with Gasteiger partial charge in [0.1, 0.15) is 5.60 Å². The molecule has 2 aromatic rings.